The van der Waals surface area contributed by atoms with Gasteiger partial charge in [-0.1, -0.05) is 0 Å². The second-order valence-corrected chi connectivity index (χ2v) is 7.12. The van der Waals surface area contributed by atoms with Crippen molar-refractivity contribution in [2.24, 2.45) is 0 Å². The van der Waals surface area contributed by atoms with Crippen LogP contribution in [0.4, 0.5) is 10.5 Å². The molecule has 5 rings (SSSR count). The number of anilines is 1. The number of nitrogens with zero attached hydrogens (tertiary/aromatic N) is 6. The van der Waals surface area contributed by atoms with Gasteiger partial charge in [-0.05, 0) is 31.2 Å². The molecule has 0 fully saturated rings. The van der Waals surface area contributed by atoms with Crippen molar-refractivity contribution in [2.45, 2.75) is 6.92 Å². The van der Waals surface area contributed by atoms with E-state index in [1.54, 1.807) is 43.2 Å². The number of aryl methyl sites for hydroxylation is 1. The third-order valence-electron chi connectivity index (χ3n) is 5.20. The molecule has 32 heavy (non-hydrogen) atoms. The van der Waals surface area contributed by atoms with E-state index in [0.717, 1.165) is 39.2 Å². The lowest BCUT2D eigenvalue weighted by Gasteiger charge is -2.12. The summed E-state index contributed by atoms with van der Waals surface area (Å²) < 4.78 is 9.13. The van der Waals surface area contributed by atoms with E-state index in [1.165, 1.54) is 0 Å². The molecule has 4 aromatic heterocycles. The lowest BCUT2D eigenvalue weighted by Crippen LogP contribution is -2.24. The van der Waals surface area contributed by atoms with Gasteiger partial charge in [0.25, 0.3) is 0 Å². The summed E-state index contributed by atoms with van der Waals surface area (Å²) in [5.41, 5.74) is 5.35. The number of carbonyl (C=O) groups excluding carboxylic acids is 1. The maximum absolute atomic E-state index is 11.7. The smallest absolute Gasteiger partial charge is 0.318 e. The quantitative estimate of drug-likeness (QED) is 0.455. The van der Waals surface area contributed by atoms with Crippen molar-refractivity contribution in [3.63, 3.8) is 0 Å². The first kappa shape index (κ1) is 19.5. The zero-order valence-corrected chi connectivity index (χ0v) is 17.7. The Morgan fingerprint density at radius 1 is 1.16 bits per heavy atom. The molecule has 0 saturated heterocycles. The minimum absolute atomic E-state index is 0.307. The molecule has 4 heterocycles. The van der Waals surface area contributed by atoms with Gasteiger partial charge in [0.05, 0.1) is 35.8 Å². The monoisotopic (exact) mass is 428 g/mol. The first-order valence-electron chi connectivity index (χ1n) is 9.90. The second-order valence-electron chi connectivity index (χ2n) is 7.12. The summed E-state index contributed by atoms with van der Waals surface area (Å²) in [7, 11) is 3.14. The Kier molecular flexibility index (Phi) is 4.66. The first-order valence-corrected chi connectivity index (χ1v) is 9.90. The van der Waals surface area contributed by atoms with Crippen LogP contribution in [0.2, 0.25) is 0 Å². The van der Waals surface area contributed by atoms with Crippen molar-refractivity contribution in [3.8, 4) is 22.7 Å². The lowest BCUT2D eigenvalue weighted by molar-refractivity contribution is 0.254. The minimum Gasteiger partial charge on any atom is -0.494 e. The van der Waals surface area contributed by atoms with Crippen molar-refractivity contribution in [1.29, 1.82) is 0 Å². The highest BCUT2D eigenvalue weighted by Gasteiger charge is 2.17. The van der Waals surface area contributed by atoms with Gasteiger partial charge >= 0.3 is 6.03 Å². The highest BCUT2D eigenvalue weighted by atomic mass is 16.5. The van der Waals surface area contributed by atoms with Gasteiger partial charge in [0.1, 0.15) is 11.4 Å². The molecule has 2 N–H and O–H groups in total. The van der Waals surface area contributed by atoms with Crippen molar-refractivity contribution >= 4 is 28.3 Å². The summed E-state index contributed by atoms with van der Waals surface area (Å²) in [6.07, 6.45) is 7.14. The average Bonchev–Trinajstić information content (AvgIpc) is 3.40. The molecule has 0 saturated carbocycles. The number of methoxy groups -OCH3 is 1. The molecule has 0 spiro atoms. The number of benzene rings is 1. The molecule has 0 bridgehead atoms. The summed E-state index contributed by atoms with van der Waals surface area (Å²) in [5.74, 6) is 0.569. The number of hydrogen-bond acceptors (Lipinski definition) is 6. The normalized spacial score (nSPS) is 11.1. The Balaban J connectivity index is 1.65. The number of pyridine rings is 1. The fraction of sp³-hybridized carbons (Fsp3) is 0.136. The maximum Gasteiger partial charge on any atom is 0.318 e. The van der Waals surface area contributed by atoms with Gasteiger partial charge in [-0.3, -0.25) is 4.98 Å². The number of ether oxygens (including phenoxy) is 1. The molecule has 1 aromatic carbocycles. The standard InChI is InChI=1S/C22H20N8O2/c1-13-15-11-25-17(16-12-26-29-8-4-7-24-21(16)29)10-19(15)30(28-13)18-6-5-14(9-20(18)32-3)27-22(31)23-2/h4-12H,1-3H3,(H2,23,27,31). The number of carbonyl (C=O) groups is 1. The molecular weight excluding hydrogens is 408 g/mol. The molecule has 160 valence electrons. The maximum atomic E-state index is 11.7. The number of fused-ring (bicyclic) bond motifs is 2. The van der Waals surface area contributed by atoms with Gasteiger partial charge in [-0.25, -0.2) is 19.0 Å². The SMILES string of the molecule is CNC(=O)Nc1ccc(-n2nc(C)c3cnc(-c4cnn5cccnc45)cc32)c(OC)c1. The predicted octanol–water partition coefficient (Wildman–Crippen LogP) is 3.20. The molecule has 0 atom stereocenters. The zero-order valence-electron chi connectivity index (χ0n) is 17.7. The van der Waals surface area contributed by atoms with Gasteiger partial charge in [-0.2, -0.15) is 10.2 Å². The van der Waals surface area contributed by atoms with Crippen LogP contribution in [0.15, 0.2) is 55.1 Å². The fourth-order valence-electron chi connectivity index (χ4n) is 3.62. The van der Waals surface area contributed by atoms with Gasteiger partial charge in [0, 0.05) is 42.8 Å². The van der Waals surface area contributed by atoms with Crippen molar-refractivity contribution in [1.82, 2.24) is 34.7 Å². The Labute approximate surface area is 182 Å². The summed E-state index contributed by atoms with van der Waals surface area (Å²) in [6.45, 7) is 1.94. The average molecular weight is 428 g/mol. The van der Waals surface area contributed by atoms with Crippen LogP contribution in [-0.4, -0.2) is 49.6 Å². The minimum atomic E-state index is -0.307. The molecule has 0 radical (unpaired) electrons. The van der Waals surface area contributed by atoms with E-state index in [-0.39, 0.29) is 6.03 Å². The summed E-state index contributed by atoms with van der Waals surface area (Å²) in [6, 6.07) is 8.90. The van der Waals surface area contributed by atoms with E-state index >= 15 is 0 Å². The van der Waals surface area contributed by atoms with E-state index in [2.05, 4.69) is 25.7 Å². The van der Waals surface area contributed by atoms with Crippen LogP contribution in [-0.2, 0) is 0 Å². The topological polar surface area (TPSA) is 111 Å². The van der Waals surface area contributed by atoms with Crippen molar-refractivity contribution in [2.75, 3.05) is 19.5 Å². The van der Waals surface area contributed by atoms with E-state index < -0.39 is 0 Å². The van der Waals surface area contributed by atoms with Crippen LogP contribution < -0.4 is 15.4 Å². The molecule has 2 amide bonds. The number of amides is 2. The predicted molar refractivity (Wildman–Crippen MR) is 120 cm³/mol. The highest BCUT2D eigenvalue weighted by molar-refractivity contribution is 5.90. The van der Waals surface area contributed by atoms with Gasteiger partial charge in [0.15, 0.2) is 5.65 Å². The summed E-state index contributed by atoms with van der Waals surface area (Å²) in [5, 5.41) is 15.3. The number of urea groups is 1. The zero-order chi connectivity index (χ0) is 22.2. The van der Waals surface area contributed by atoms with Crippen LogP contribution in [0.5, 0.6) is 5.75 Å². The molecule has 0 aliphatic carbocycles. The van der Waals surface area contributed by atoms with Crippen molar-refractivity contribution in [3.05, 3.63) is 60.8 Å². The van der Waals surface area contributed by atoms with Crippen LogP contribution >= 0.6 is 0 Å². The lowest BCUT2D eigenvalue weighted by atomic mass is 10.1. The van der Waals surface area contributed by atoms with Gasteiger partial charge < -0.3 is 15.4 Å². The van der Waals surface area contributed by atoms with Crippen molar-refractivity contribution < 1.29 is 9.53 Å². The van der Waals surface area contributed by atoms with E-state index in [4.69, 9.17) is 9.84 Å². The van der Waals surface area contributed by atoms with E-state index in [0.29, 0.717) is 11.4 Å². The molecule has 10 nitrogen and oxygen atoms in total. The number of hydrogen-bond donors (Lipinski definition) is 2. The third kappa shape index (κ3) is 3.18. The number of aromatic nitrogens is 6. The molecule has 0 aliphatic heterocycles. The number of nitrogens with one attached hydrogen (secondary N) is 2. The molecule has 0 unspecified atom stereocenters. The molecule has 0 aliphatic rings. The fourth-order valence-corrected chi connectivity index (χ4v) is 3.62. The summed E-state index contributed by atoms with van der Waals surface area (Å²) >= 11 is 0. The van der Waals surface area contributed by atoms with Crippen LogP contribution in [0.3, 0.4) is 0 Å². The number of rotatable bonds is 4. The Hall–Kier alpha value is -4.47. The molecule has 5 aromatic rings. The molecule has 10 heteroatoms. The summed E-state index contributed by atoms with van der Waals surface area (Å²) in [4.78, 5) is 20.7. The Morgan fingerprint density at radius 3 is 2.84 bits per heavy atom. The van der Waals surface area contributed by atoms with Crippen LogP contribution in [0, 0.1) is 6.92 Å². The molecular formula is C22H20N8O2. The second kappa shape index (κ2) is 7.65. The van der Waals surface area contributed by atoms with Gasteiger partial charge in [-0.15, -0.1) is 0 Å². The van der Waals surface area contributed by atoms with E-state index in [9.17, 15) is 4.79 Å². The Bertz CT molecular complexity index is 1470. The largest absolute Gasteiger partial charge is 0.494 e. The van der Waals surface area contributed by atoms with E-state index in [1.807, 2.05) is 42.2 Å². The van der Waals surface area contributed by atoms with Crippen LogP contribution in [0.1, 0.15) is 5.69 Å². The highest BCUT2D eigenvalue weighted by Crippen LogP contribution is 2.32. The first-order chi connectivity index (χ1) is 15.6. The van der Waals surface area contributed by atoms with Crippen LogP contribution in [0.25, 0.3) is 33.5 Å². The third-order valence-corrected chi connectivity index (χ3v) is 5.20. The Morgan fingerprint density at radius 2 is 2.03 bits per heavy atom. The van der Waals surface area contributed by atoms with Gasteiger partial charge in [0.2, 0.25) is 0 Å².